The molecule has 0 aromatic heterocycles. The molecule has 110 valence electrons. The Morgan fingerprint density at radius 2 is 1.76 bits per heavy atom. The van der Waals surface area contributed by atoms with E-state index >= 15 is 0 Å². The van der Waals surface area contributed by atoms with Crippen LogP contribution in [0, 0.1) is 23.7 Å². The summed E-state index contributed by atoms with van der Waals surface area (Å²) >= 11 is 6.12. The lowest BCUT2D eigenvalue weighted by Gasteiger charge is -2.19. The standard InChI is InChI=1S/C16H16ClNO3/c1-21-12-5-4-10(7-11(12)17)18-15(19)13-8-2-3-9(6-8)14(13)16(18)20/h4-5,7-9,13-14H,2-3,6H2,1H3/t8-,9-,13-,14+/m0/s1. The third-order valence-corrected chi connectivity index (χ3v) is 5.62. The van der Waals surface area contributed by atoms with Crippen LogP contribution in [0.15, 0.2) is 18.2 Å². The second-order valence-corrected chi connectivity index (χ2v) is 6.62. The Morgan fingerprint density at radius 3 is 2.29 bits per heavy atom. The molecule has 3 aliphatic rings. The fourth-order valence-electron chi connectivity index (χ4n) is 4.46. The van der Waals surface area contributed by atoms with Crippen molar-refractivity contribution in [2.45, 2.75) is 19.3 Å². The molecule has 4 rings (SSSR count). The van der Waals surface area contributed by atoms with Crippen molar-refractivity contribution in [3.63, 3.8) is 0 Å². The summed E-state index contributed by atoms with van der Waals surface area (Å²) in [4.78, 5) is 26.7. The highest BCUT2D eigenvalue weighted by Gasteiger charge is 2.61. The van der Waals surface area contributed by atoms with E-state index in [9.17, 15) is 9.59 Å². The smallest absolute Gasteiger partial charge is 0.237 e. The van der Waals surface area contributed by atoms with Crippen LogP contribution in [0.5, 0.6) is 5.75 Å². The molecule has 2 amide bonds. The van der Waals surface area contributed by atoms with Crippen LogP contribution in [0.1, 0.15) is 19.3 Å². The van der Waals surface area contributed by atoms with Crippen LogP contribution in [-0.4, -0.2) is 18.9 Å². The number of hydrogen-bond donors (Lipinski definition) is 0. The fourth-order valence-corrected chi connectivity index (χ4v) is 4.71. The molecule has 3 fully saturated rings. The van der Waals surface area contributed by atoms with Gasteiger partial charge in [-0.1, -0.05) is 11.6 Å². The lowest BCUT2D eigenvalue weighted by molar-refractivity contribution is -0.123. The lowest BCUT2D eigenvalue weighted by atomic mass is 9.81. The van der Waals surface area contributed by atoms with Crippen molar-refractivity contribution in [2.24, 2.45) is 23.7 Å². The number of carbonyl (C=O) groups is 2. The van der Waals surface area contributed by atoms with Crippen molar-refractivity contribution in [1.29, 1.82) is 0 Å². The van der Waals surface area contributed by atoms with Gasteiger partial charge in [-0.05, 0) is 49.3 Å². The Morgan fingerprint density at radius 1 is 1.14 bits per heavy atom. The van der Waals surface area contributed by atoms with Crippen molar-refractivity contribution < 1.29 is 14.3 Å². The van der Waals surface area contributed by atoms with Gasteiger partial charge < -0.3 is 4.74 Å². The van der Waals surface area contributed by atoms with Crippen LogP contribution in [0.4, 0.5) is 5.69 Å². The van der Waals surface area contributed by atoms with Crippen molar-refractivity contribution in [3.05, 3.63) is 23.2 Å². The Kier molecular flexibility index (Phi) is 2.80. The number of nitrogens with zero attached hydrogens (tertiary/aromatic N) is 1. The summed E-state index contributed by atoms with van der Waals surface area (Å²) in [6, 6.07) is 5.06. The minimum absolute atomic E-state index is 0.0431. The molecule has 5 heteroatoms. The minimum atomic E-state index is -0.0999. The summed E-state index contributed by atoms with van der Waals surface area (Å²) in [6.45, 7) is 0. The number of rotatable bonds is 2. The number of benzene rings is 1. The molecule has 0 N–H and O–H groups in total. The van der Waals surface area contributed by atoms with Gasteiger partial charge in [-0.2, -0.15) is 0 Å². The van der Waals surface area contributed by atoms with Gasteiger partial charge in [0.1, 0.15) is 5.75 Å². The molecule has 4 nitrogen and oxygen atoms in total. The molecule has 1 saturated heterocycles. The maximum Gasteiger partial charge on any atom is 0.237 e. The van der Waals surface area contributed by atoms with Crippen molar-refractivity contribution in [3.8, 4) is 5.75 Å². The van der Waals surface area contributed by atoms with Crippen molar-refractivity contribution >= 4 is 29.1 Å². The van der Waals surface area contributed by atoms with E-state index in [2.05, 4.69) is 0 Å². The molecule has 0 unspecified atom stereocenters. The molecular formula is C16H16ClNO3. The number of anilines is 1. The van der Waals surface area contributed by atoms with Gasteiger partial charge in [0.05, 0.1) is 29.7 Å². The average molecular weight is 306 g/mol. The highest BCUT2D eigenvalue weighted by atomic mass is 35.5. The molecule has 4 atom stereocenters. The summed E-state index contributed by atoms with van der Waals surface area (Å²) in [5.41, 5.74) is 0.560. The van der Waals surface area contributed by atoms with E-state index < -0.39 is 0 Å². The Labute approximate surface area is 128 Å². The zero-order chi connectivity index (χ0) is 14.7. The Hall–Kier alpha value is -1.55. The van der Waals surface area contributed by atoms with E-state index in [4.69, 9.17) is 16.3 Å². The highest BCUT2D eigenvalue weighted by molar-refractivity contribution is 6.33. The van der Waals surface area contributed by atoms with Gasteiger partial charge in [-0.15, -0.1) is 0 Å². The predicted molar refractivity (Wildman–Crippen MR) is 78.3 cm³/mol. The number of methoxy groups -OCH3 is 1. The second-order valence-electron chi connectivity index (χ2n) is 6.22. The van der Waals surface area contributed by atoms with Gasteiger partial charge in [0.2, 0.25) is 11.8 Å². The van der Waals surface area contributed by atoms with E-state index in [-0.39, 0.29) is 23.7 Å². The number of carbonyl (C=O) groups excluding carboxylic acids is 2. The fraction of sp³-hybridized carbons (Fsp3) is 0.500. The molecule has 1 heterocycles. The number of imide groups is 1. The van der Waals surface area contributed by atoms with Crippen molar-refractivity contribution in [1.82, 2.24) is 0 Å². The van der Waals surface area contributed by atoms with E-state index in [1.807, 2.05) is 0 Å². The summed E-state index contributed by atoms with van der Waals surface area (Å²) in [6.07, 6.45) is 3.22. The zero-order valence-corrected chi connectivity index (χ0v) is 12.5. The number of fused-ring (bicyclic) bond motifs is 5. The highest BCUT2D eigenvalue weighted by Crippen LogP contribution is 2.56. The van der Waals surface area contributed by atoms with Crippen molar-refractivity contribution in [2.75, 3.05) is 12.0 Å². The first-order valence-electron chi connectivity index (χ1n) is 7.33. The van der Waals surface area contributed by atoms with E-state index in [1.54, 1.807) is 18.2 Å². The Bertz CT molecular complexity index is 616. The van der Waals surface area contributed by atoms with E-state index in [0.717, 1.165) is 19.3 Å². The number of hydrogen-bond acceptors (Lipinski definition) is 3. The quantitative estimate of drug-likeness (QED) is 0.789. The largest absolute Gasteiger partial charge is 0.495 e. The molecule has 2 bridgehead atoms. The van der Waals surface area contributed by atoms with Crippen LogP contribution < -0.4 is 9.64 Å². The normalized spacial score (nSPS) is 33.7. The molecule has 0 radical (unpaired) electrons. The topological polar surface area (TPSA) is 46.6 Å². The average Bonchev–Trinajstić information content (AvgIpc) is 3.13. The van der Waals surface area contributed by atoms with E-state index in [1.165, 1.54) is 12.0 Å². The summed E-state index contributed by atoms with van der Waals surface area (Å²) in [5.74, 6) is 1.05. The van der Waals surface area contributed by atoms with Gasteiger partial charge in [-0.25, -0.2) is 4.90 Å². The summed E-state index contributed by atoms with van der Waals surface area (Å²) in [5, 5.41) is 0.413. The summed E-state index contributed by atoms with van der Waals surface area (Å²) in [7, 11) is 1.54. The monoisotopic (exact) mass is 305 g/mol. The molecule has 1 aliphatic heterocycles. The zero-order valence-electron chi connectivity index (χ0n) is 11.7. The van der Waals surface area contributed by atoms with Gasteiger partial charge in [0.25, 0.3) is 0 Å². The van der Waals surface area contributed by atoms with Crippen LogP contribution >= 0.6 is 11.6 Å². The minimum Gasteiger partial charge on any atom is -0.495 e. The molecule has 2 aliphatic carbocycles. The molecule has 0 spiro atoms. The van der Waals surface area contributed by atoms with Gasteiger partial charge >= 0.3 is 0 Å². The number of amides is 2. The molecule has 2 saturated carbocycles. The third-order valence-electron chi connectivity index (χ3n) is 5.32. The number of ether oxygens (including phenoxy) is 1. The Balaban J connectivity index is 1.72. The molecule has 1 aromatic carbocycles. The van der Waals surface area contributed by atoms with Gasteiger partial charge in [0, 0.05) is 0 Å². The second kappa shape index (κ2) is 4.47. The predicted octanol–water partition coefficient (Wildman–Crippen LogP) is 2.88. The maximum absolute atomic E-state index is 12.7. The maximum atomic E-state index is 12.7. The molecule has 21 heavy (non-hydrogen) atoms. The van der Waals surface area contributed by atoms with Crippen LogP contribution in [0.2, 0.25) is 5.02 Å². The first kappa shape index (κ1) is 13.1. The van der Waals surface area contributed by atoms with Gasteiger partial charge in [0.15, 0.2) is 0 Å². The van der Waals surface area contributed by atoms with Crippen LogP contribution in [0.25, 0.3) is 0 Å². The SMILES string of the molecule is COc1ccc(N2C(=O)[C@@H]3[C@H]4CC[C@@H](C4)[C@@H]3C2=O)cc1Cl. The van der Waals surface area contributed by atoms with E-state index in [0.29, 0.717) is 28.3 Å². The first-order valence-corrected chi connectivity index (χ1v) is 7.71. The number of halogens is 1. The van der Waals surface area contributed by atoms with Crippen LogP contribution in [0.3, 0.4) is 0 Å². The lowest BCUT2D eigenvalue weighted by Crippen LogP contribution is -2.32. The van der Waals surface area contributed by atoms with Crippen LogP contribution in [-0.2, 0) is 9.59 Å². The molecular weight excluding hydrogens is 290 g/mol. The molecule has 1 aromatic rings. The van der Waals surface area contributed by atoms with Gasteiger partial charge in [-0.3, -0.25) is 9.59 Å². The third kappa shape index (κ3) is 1.68. The summed E-state index contributed by atoms with van der Waals surface area (Å²) < 4.78 is 5.11. The first-order chi connectivity index (χ1) is 10.1.